The molecule has 6 heteroatoms. The van der Waals surface area contributed by atoms with Crippen molar-refractivity contribution in [3.8, 4) is 0 Å². The van der Waals surface area contributed by atoms with Gasteiger partial charge in [0.25, 0.3) is 0 Å². The summed E-state index contributed by atoms with van der Waals surface area (Å²) in [6.45, 7) is 9.18. The largest absolute Gasteiger partial charge is 0.423 e. The van der Waals surface area contributed by atoms with E-state index in [-0.39, 0.29) is 12.0 Å². The molecule has 0 unspecified atom stereocenters. The van der Waals surface area contributed by atoms with E-state index >= 15 is 0 Å². The number of aromatic nitrogens is 4. The van der Waals surface area contributed by atoms with Crippen LogP contribution in [0.1, 0.15) is 57.3 Å². The average Bonchev–Trinajstić information content (AvgIpc) is 2.99. The highest BCUT2D eigenvalue weighted by atomic mass is 16.5. The molecule has 19 heavy (non-hydrogen) atoms. The maximum Gasteiger partial charge on any atom is 0.236 e. The summed E-state index contributed by atoms with van der Waals surface area (Å²) in [7, 11) is 0. The third-order valence-corrected chi connectivity index (χ3v) is 2.81. The molecule has 104 valence electrons. The van der Waals surface area contributed by atoms with Crippen LogP contribution in [0.2, 0.25) is 0 Å². The molecule has 0 spiro atoms. The van der Waals surface area contributed by atoms with Crippen LogP contribution in [-0.2, 0) is 11.3 Å². The quantitative estimate of drug-likeness (QED) is 0.802. The van der Waals surface area contributed by atoms with Crippen molar-refractivity contribution in [2.45, 2.75) is 46.3 Å². The third-order valence-electron chi connectivity index (χ3n) is 2.81. The summed E-state index contributed by atoms with van der Waals surface area (Å²) >= 11 is 0. The Kier molecular flexibility index (Phi) is 4.31. The van der Waals surface area contributed by atoms with Crippen LogP contribution >= 0.6 is 0 Å². The minimum atomic E-state index is -0.0486. The van der Waals surface area contributed by atoms with Crippen molar-refractivity contribution >= 4 is 0 Å². The van der Waals surface area contributed by atoms with Crippen LogP contribution in [-0.4, -0.2) is 26.4 Å². The zero-order chi connectivity index (χ0) is 13.8. The Balaban J connectivity index is 2.12. The fourth-order valence-corrected chi connectivity index (χ4v) is 1.85. The minimum absolute atomic E-state index is 0.0486. The monoisotopic (exact) mass is 264 g/mol. The van der Waals surface area contributed by atoms with Crippen LogP contribution in [0.25, 0.3) is 0 Å². The Morgan fingerprint density at radius 2 is 2.11 bits per heavy atom. The van der Waals surface area contributed by atoms with E-state index in [1.165, 1.54) is 0 Å². The van der Waals surface area contributed by atoms with Gasteiger partial charge in [-0.2, -0.15) is 0 Å². The fourth-order valence-electron chi connectivity index (χ4n) is 1.85. The maximum absolute atomic E-state index is 5.60. The molecule has 0 aliphatic carbocycles. The first-order valence-corrected chi connectivity index (χ1v) is 6.56. The molecule has 2 rings (SSSR count). The van der Waals surface area contributed by atoms with Gasteiger partial charge in [-0.25, -0.2) is 4.98 Å². The van der Waals surface area contributed by atoms with Crippen molar-refractivity contribution in [1.29, 1.82) is 0 Å². The van der Waals surface area contributed by atoms with Gasteiger partial charge in [-0.3, -0.25) is 0 Å². The molecule has 1 atom stereocenters. The Hall–Kier alpha value is -1.69. The molecule has 0 saturated carbocycles. The van der Waals surface area contributed by atoms with Crippen LogP contribution in [0.3, 0.4) is 0 Å². The van der Waals surface area contributed by atoms with E-state index in [4.69, 9.17) is 9.15 Å². The number of hydrogen-bond donors (Lipinski definition) is 0. The summed E-state index contributed by atoms with van der Waals surface area (Å²) in [4.78, 5) is 4.32. The number of nitrogens with zero attached hydrogens (tertiary/aromatic N) is 4. The van der Waals surface area contributed by atoms with Crippen molar-refractivity contribution in [3.05, 3.63) is 30.0 Å². The lowest BCUT2D eigenvalue weighted by Crippen LogP contribution is -2.10. The van der Waals surface area contributed by atoms with Gasteiger partial charge in [0, 0.05) is 24.9 Å². The summed E-state index contributed by atoms with van der Waals surface area (Å²) in [5.41, 5.74) is 0. The van der Waals surface area contributed by atoms with E-state index in [9.17, 15) is 0 Å². The van der Waals surface area contributed by atoms with E-state index in [1.807, 2.05) is 38.5 Å². The summed E-state index contributed by atoms with van der Waals surface area (Å²) in [5, 5.41) is 8.08. The molecule has 6 nitrogen and oxygen atoms in total. The van der Waals surface area contributed by atoms with Gasteiger partial charge in [-0.1, -0.05) is 13.8 Å². The molecule has 0 bridgehead atoms. The Morgan fingerprint density at radius 1 is 1.32 bits per heavy atom. The van der Waals surface area contributed by atoms with Crippen molar-refractivity contribution in [3.63, 3.8) is 0 Å². The van der Waals surface area contributed by atoms with Gasteiger partial charge in [0.1, 0.15) is 18.5 Å². The van der Waals surface area contributed by atoms with E-state index < -0.39 is 0 Å². The first kappa shape index (κ1) is 13.7. The molecule has 0 N–H and O–H groups in total. The van der Waals surface area contributed by atoms with Gasteiger partial charge < -0.3 is 13.7 Å². The van der Waals surface area contributed by atoms with Gasteiger partial charge in [-0.05, 0) is 13.8 Å². The van der Waals surface area contributed by atoms with Gasteiger partial charge in [0.05, 0.1) is 0 Å². The van der Waals surface area contributed by atoms with Crippen LogP contribution in [0.4, 0.5) is 0 Å². The molecule has 2 heterocycles. The summed E-state index contributed by atoms with van der Waals surface area (Å²) in [6, 6.07) is 0. The third kappa shape index (κ3) is 3.20. The number of imidazole rings is 1. The number of rotatable bonds is 6. The Morgan fingerprint density at radius 3 is 2.74 bits per heavy atom. The lowest BCUT2D eigenvalue weighted by atomic mass is 10.2. The Bertz CT molecular complexity index is 518. The summed E-state index contributed by atoms with van der Waals surface area (Å²) in [6.07, 6.45) is 3.60. The van der Waals surface area contributed by atoms with E-state index in [1.54, 1.807) is 6.20 Å². The smallest absolute Gasteiger partial charge is 0.236 e. The SMILES string of the molecule is CCO[C@@H](C)c1nccn1Cc1nnc(C(C)C)o1. The van der Waals surface area contributed by atoms with Crippen molar-refractivity contribution < 1.29 is 9.15 Å². The molecule has 0 fully saturated rings. The fraction of sp³-hybridized carbons (Fsp3) is 0.615. The summed E-state index contributed by atoms with van der Waals surface area (Å²) < 4.78 is 13.1. The average molecular weight is 264 g/mol. The molecule has 0 aromatic carbocycles. The second-order valence-corrected chi connectivity index (χ2v) is 4.70. The zero-order valence-corrected chi connectivity index (χ0v) is 11.8. The predicted molar refractivity (Wildman–Crippen MR) is 69.8 cm³/mol. The van der Waals surface area contributed by atoms with E-state index in [0.29, 0.717) is 24.9 Å². The molecule has 0 aliphatic heterocycles. The minimum Gasteiger partial charge on any atom is -0.423 e. The molecule has 0 saturated heterocycles. The predicted octanol–water partition coefficient (Wildman–Crippen LogP) is 2.54. The molecule has 0 amide bonds. The van der Waals surface area contributed by atoms with Crippen molar-refractivity contribution in [2.75, 3.05) is 6.61 Å². The topological polar surface area (TPSA) is 66.0 Å². The van der Waals surface area contributed by atoms with Crippen LogP contribution in [0.5, 0.6) is 0 Å². The standard InChI is InChI=1S/C13H20N4O2/c1-5-18-10(4)12-14-6-7-17(12)8-11-15-16-13(19-11)9(2)3/h6-7,9-10H,5,8H2,1-4H3/t10-/m0/s1. The molecule has 0 aliphatic rings. The number of ether oxygens (including phenoxy) is 1. The van der Waals surface area contributed by atoms with Gasteiger partial charge in [-0.15, -0.1) is 10.2 Å². The summed E-state index contributed by atoms with van der Waals surface area (Å²) in [5.74, 6) is 2.36. The maximum atomic E-state index is 5.60. The van der Waals surface area contributed by atoms with Gasteiger partial charge in [0.15, 0.2) is 0 Å². The highest BCUT2D eigenvalue weighted by Crippen LogP contribution is 2.17. The van der Waals surface area contributed by atoms with E-state index in [2.05, 4.69) is 15.2 Å². The number of hydrogen-bond acceptors (Lipinski definition) is 5. The second-order valence-electron chi connectivity index (χ2n) is 4.70. The molecule has 0 radical (unpaired) electrons. The molecule has 2 aromatic rings. The normalized spacial score (nSPS) is 13.1. The molecular weight excluding hydrogens is 244 g/mol. The lowest BCUT2D eigenvalue weighted by molar-refractivity contribution is 0.0675. The molecular formula is C13H20N4O2. The Labute approximate surface area is 112 Å². The molecule has 2 aromatic heterocycles. The van der Waals surface area contributed by atoms with E-state index in [0.717, 1.165) is 5.82 Å². The second kappa shape index (κ2) is 5.97. The highest BCUT2D eigenvalue weighted by molar-refractivity contribution is 4.99. The van der Waals surface area contributed by atoms with Gasteiger partial charge >= 0.3 is 0 Å². The first-order valence-electron chi connectivity index (χ1n) is 6.56. The van der Waals surface area contributed by atoms with Crippen LogP contribution in [0, 0.1) is 0 Å². The van der Waals surface area contributed by atoms with Crippen molar-refractivity contribution in [2.24, 2.45) is 0 Å². The van der Waals surface area contributed by atoms with Crippen LogP contribution in [0.15, 0.2) is 16.8 Å². The first-order chi connectivity index (χ1) is 9.11. The van der Waals surface area contributed by atoms with Crippen LogP contribution < -0.4 is 0 Å². The zero-order valence-electron chi connectivity index (χ0n) is 11.8. The highest BCUT2D eigenvalue weighted by Gasteiger charge is 2.15. The van der Waals surface area contributed by atoms with Gasteiger partial charge in [0.2, 0.25) is 11.8 Å². The lowest BCUT2D eigenvalue weighted by Gasteiger charge is -2.12. The van der Waals surface area contributed by atoms with Crippen molar-refractivity contribution in [1.82, 2.24) is 19.7 Å².